The maximum absolute atomic E-state index is 13.0. The van der Waals surface area contributed by atoms with E-state index in [0.29, 0.717) is 11.4 Å². The van der Waals surface area contributed by atoms with Gasteiger partial charge in [-0.25, -0.2) is 8.42 Å². The molecule has 0 saturated carbocycles. The van der Waals surface area contributed by atoms with E-state index in [9.17, 15) is 13.2 Å². The Labute approximate surface area is 153 Å². The van der Waals surface area contributed by atoms with E-state index in [1.807, 2.05) is 20.8 Å². The molecule has 0 aliphatic heterocycles. The van der Waals surface area contributed by atoms with Gasteiger partial charge in [-0.1, -0.05) is 32.4 Å². The molecule has 0 bridgehead atoms. The number of rotatable bonds is 6. The maximum atomic E-state index is 13.0. The molecule has 2 rings (SSSR count). The van der Waals surface area contributed by atoms with E-state index in [0.717, 1.165) is 0 Å². The van der Waals surface area contributed by atoms with Crippen molar-refractivity contribution in [1.82, 2.24) is 5.32 Å². The van der Waals surface area contributed by atoms with Crippen LogP contribution in [-0.4, -0.2) is 20.9 Å². The van der Waals surface area contributed by atoms with Crippen molar-refractivity contribution >= 4 is 27.3 Å². The molecule has 7 heteroatoms. The monoisotopic (exact) mass is 383 g/mol. The molecule has 25 heavy (non-hydrogen) atoms. The molecule has 1 heterocycles. The molecule has 1 amide bonds. The Balaban J connectivity index is 2.25. The number of carbonyl (C=O) groups excluding carboxylic acids is 1. The first-order valence-electron chi connectivity index (χ1n) is 7.89. The van der Waals surface area contributed by atoms with Gasteiger partial charge in [0, 0.05) is 18.0 Å². The van der Waals surface area contributed by atoms with Gasteiger partial charge in [0.15, 0.2) is 9.84 Å². The summed E-state index contributed by atoms with van der Waals surface area (Å²) in [5, 5.41) is 2.15. The second kappa shape index (κ2) is 7.62. The highest BCUT2D eigenvalue weighted by atomic mass is 35.5. The predicted octanol–water partition coefficient (Wildman–Crippen LogP) is 4.00. The number of sulfone groups is 1. The first-order chi connectivity index (χ1) is 11.6. The molecule has 0 fully saturated rings. The van der Waals surface area contributed by atoms with Gasteiger partial charge >= 0.3 is 0 Å². The van der Waals surface area contributed by atoms with E-state index in [-0.39, 0.29) is 28.5 Å². The summed E-state index contributed by atoms with van der Waals surface area (Å²) in [5.41, 5.74) is -0.181. The lowest BCUT2D eigenvalue weighted by Gasteiger charge is -2.20. The molecule has 0 aliphatic rings. The molecule has 5 nitrogen and oxygen atoms in total. The van der Waals surface area contributed by atoms with Crippen LogP contribution in [0.1, 0.15) is 38.2 Å². The average Bonchev–Trinajstić information content (AvgIpc) is 2.99. The summed E-state index contributed by atoms with van der Waals surface area (Å²) in [6, 6.07) is 9.15. The van der Waals surface area contributed by atoms with Crippen LogP contribution in [0.25, 0.3) is 0 Å². The van der Waals surface area contributed by atoms with Gasteiger partial charge in [0.1, 0.15) is 11.0 Å². The second-order valence-electron chi connectivity index (χ2n) is 7.04. The van der Waals surface area contributed by atoms with Gasteiger partial charge in [-0.2, -0.15) is 0 Å². The third-order valence-electron chi connectivity index (χ3n) is 3.55. The molecular formula is C18H22ClNO4S. The van der Waals surface area contributed by atoms with Crippen LogP contribution in [0.4, 0.5) is 0 Å². The summed E-state index contributed by atoms with van der Waals surface area (Å²) in [5.74, 6) is 0.0846. The molecule has 0 radical (unpaired) electrons. The van der Waals surface area contributed by atoms with Gasteiger partial charge in [-0.05, 0) is 41.8 Å². The highest BCUT2D eigenvalue weighted by molar-refractivity contribution is 7.91. The smallest absolute Gasteiger partial charge is 0.220 e. The fourth-order valence-corrected chi connectivity index (χ4v) is 4.09. The predicted molar refractivity (Wildman–Crippen MR) is 97.2 cm³/mol. The van der Waals surface area contributed by atoms with Crippen LogP contribution in [0, 0.1) is 5.41 Å². The molecule has 0 saturated heterocycles. The highest BCUT2D eigenvalue weighted by Crippen LogP contribution is 2.29. The number of hydrogen-bond acceptors (Lipinski definition) is 4. The van der Waals surface area contributed by atoms with E-state index in [1.165, 1.54) is 30.5 Å². The lowest BCUT2D eigenvalue weighted by Crippen LogP contribution is -2.33. The van der Waals surface area contributed by atoms with Gasteiger partial charge < -0.3 is 9.73 Å². The summed E-state index contributed by atoms with van der Waals surface area (Å²) in [6.07, 6.45) is 1.72. The van der Waals surface area contributed by atoms with Gasteiger partial charge in [0.2, 0.25) is 5.91 Å². The number of hydrogen-bond donors (Lipinski definition) is 1. The topological polar surface area (TPSA) is 76.4 Å². The first-order valence-corrected chi connectivity index (χ1v) is 9.81. The van der Waals surface area contributed by atoms with Gasteiger partial charge in [-0.3, -0.25) is 4.79 Å². The molecule has 0 unspecified atom stereocenters. The maximum Gasteiger partial charge on any atom is 0.220 e. The van der Waals surface area contributed by atoms with E-state index >= 15 is 0 Å². The van der Waals surface area contributed by atoms with Crippen molar-refractivity contribution in [3.05, 3.63) is 53.4 Å². The van der Waals surface area contributed by atoms with Crippen LogP contribution in [0.3, 0.4) is 0 Å². The first kappa shape index (κ1) is 19.5. The van der Waals surface area contributed by atoms with Gasteiger partial charge in [-0.15, -0.1) is 0 Å². The third kappa shape index (κ3) is 5.34. The Morgan fingerprint density at radius 1 is 1.20 bits per heavy atom. The van der Waals surface area contributed by atoms with E-state index in [2.05, 4.69) is 5.32 Å². The van der Waals surface area contributed by atoms with E-state index in [4.69, 9.17) is 16.0 Å². The SMILES string of the molecule is CC(C)(C)CC(=O)NC[C@H](c1ccco1)S(=O)(=O)c1ccc(Cl)cc1. The molecule has 136 valence electrons. The zero-order valence-corrected chi connectivity index (χ0v) is 16.0. The molecule has 2 aromatic rings. The van der Waals surface area contributed by atoms with Crippen molar-refractivity contribution in [3.8, 4) is 0 Å². The van der Waals surface area contributed by atoms with Crippen molar-refractivity contribution in [3.63, 3.8) is 0 Å². The summed E-state index contributed by atoms with van der Waals surface area (Å²) in [4.78, 5) is 12.2. The largest absolute Gasteiger partial charge is 0.468 e. The number of halogens is 1. The van der Waals surface area contributed by atoms with E-state index < -0.39 is 15.1 Å². The lowest BCUT2D eigenvalue weighted by molar-refractivity contribution is -0.122. The normalized spacial score (nSPS) is 13.4. The Bertz CT molecular complexity index is 806. The van der Waals surface area contributed by atoms with Crippen LogP contribution in [0.15, 0.2) is 52.0 Å². The van der Waals surface area contributed by atoms with Crippen LogP contribution in [-0.2, 0) is 14.6 Å². The fraction of sp³-hybridized carbons (Fsp3) is 0.389. The number of benzene rings is 1. The molecule has 1 N–H and O–H groups in total. The van der Waals surface area contributed by atoms with E-state index in [1.54, 1.807) is 12.1 Å². The van der Waals surface area contributed by atoms with Gasteiger partial charge in [0.25, 0.3) is 0 Å². The molecule has 0 aliphatic carbocycles. The van der Waals surface area contributed by atoms with Crippen LogP contribution in [0.5, 0.6) is 0 Å². The van der Waals surface area contributed by atoms with Crippen LogP contribution < -0.4 is 5.32 Å². The Morgan fingerprint density at radius 3 is 2.36 bits per heavy atom. The lowest BCUT2D eigenvalue weighted by atomic mass is 9.92. The summed E-state index contributed by atoms with van der Waals surface area (Å²) >= 11 is 5.83. The minimum atomic E-state index is -3.75. The van der Waals surface area contributed by atoms with Crippen LogP contribution in [0.2, 0.25) is 5.02 Å². The van der Waals surface area contributed by atoms with Crippen LogP contribution >= 0.6 is 11.6 Å². The number of carbonyl (C=O) groups is 1. The molecule has 1 aromatic heterocycles. The van der Waals surface area contributed by atoms with Crippen molar-refractivity contribution in [1.29, 1.82) is 0 Å². The Morgan fingerprint density at radius 2 is 1.84 bits per heavy atom. The fourth-order valence-electron chi connectivity index (χ4n) is 2.38. The van der Waals surface area contributed by atoms with Crippen molar-refractivity contribution in [2.75, 3.05) is 6.54 Å². The zero-order chi connectivity index (χ0) is 18.7. The van der Waals surface area contributed by atoms with Gasteiger partial charge in [0.05, 0.1) is 11.2 Å². The molecular weight excluding hydrogens is 362 g/mol. The second-order valence-corrected chi connectivity index (χ2v) is 9.61. The Kier molecular flexibility index (Phi) is 5.95. The quantitative estimate of drug-likeness (QED) is 0.817. The summed E-state index contributed by atoms with van der Waals surface area (Å²) in [6.45, 7) is 5.77. The summed E-state index contributed by atoms with van der Waals surface area (Å²) < 4.78 is 31.3. The number of furan rings is 1. The zero-order valence-electron chi connectivity index (χ0n) is 14.5. The third-order valence-corrected chi connectivity index (χ3v) is 5.88. The number of nitrogens with one attached hydrogen (secondary N) is 1. The molecule has 0 spiro atoms. The minimum Gasteiger partial charge on any atom is -0.468 e. The van der Waals surface area contributed by atoms with Crippen molar-refractivity contribution in [2.24, 2.45) is 5.41 Å². The minimum absolute atomic E-state index is 0.0621. The van der Waals surface area contributed by atoms with Crippen molar-refractivity contribution < 1.29 is 17.6 Å². The average molecular weight is 384 g/mol. The number of amides is 1. The van der Waals surface area contributed by atoms with Crippen molar-refractivity contribution in [2.45, 2.75) is 37.3 Å². The molecule has 1 atom stereocenters. The summed E-state index contributed by atoms with van der Waals surface area (Å²) in [7, 11) is -3.75. The standard InChI is InChI=1S/C18H22ClNO4S/c1-18(2,3)11-17(21)20-12-16(15-5-4-10-24-15)25(22,23)14-8-6-13(19)7-9-14/h4-10,16H,11-12H2,1-3H3,(H,20,21)/t16-/m1/s1. The molecule has 1 aromatic carbocycles. The highest BCUT2D eigenvalue weighted by Gasteiger charge is 2.32. The Hall–Kier alpha value is -1.79.